The molecule has 2 amide bonds. The third-order valence-electron chi connectivity index (χ3n) is 3.76. The largest absolute Gasteiger partial charge is 0.484 e. The van der Waals surface area contributed by atoms with Crippen molar-refractivity contribution in [3.05, 3.63) is 29.8 Å². The Hall–Kier alpha value is -2.25. The zero-order chi connectivity index (χ0) is 17.0. The van der Waals surface area contributed by atoms with E-state index in [0.29, 0.717) is 12.8 Å². The predicted octanol–water partition coefficient (Wildman–Crippen LogP) is 1.85. The van der Waals surface area contributed by atoms with E-state index in [1.165, 1.54) is 12.1 Å². The lowest BCUT2D eigenvalue weighted by atomic mass is 10.0. The van der Waals surface area contributed by atoms with Gasteiger partial charge in [-0.25, -0.2) is 0 Å². The van der Waals surface area contributed by atoms with Crippen LogP contribution in [0.1, 0.15) is 24.8 Å². The molecule has 1 aliphatic rings. The first-order chi connectivity index (χ1) is 10.8. The van der Waals surface area contributed by atoms with Crippen LogP contribution in [0.15, 0.2) is 24.3 Å². The first-order valence-electron chi connectivity index (χ1n) is 7.16. The van der Waals surface area contributed by atoms with Crippen molar-refractivity contribution in [3.63, 3.8) is 0 Å². The second kappa shape index (κ2) is 6.89. The lowest BCUT2D eigenvalue weighted by molar-refractivity contribution is -0.137. The molecule has 2 unspecified atom stereocenters. The monoisotopic (exact) mass is 330 g/mol. The van der Waals surface area contributed by atoms with Gasteiger partial charge in [0.05, 0.1) is 11.5 Å². The number of alkyl halides is 3. The van der Waals surface area contributed by atoms with Gasteiger partial charge in [0.2, 0.25) is 5.91 Å². The molecule has 23 heavy (non-hydrogen) atoms. The number of nitrogens with two attached hydrogens (primary N) is 1. The third kappa shape index (κ3) is 4.61. The van der Waals surface area contributed by atoms with Crippen molar-refractivity contribution in [1.82, 2.24) is 5.32 Å². The predicted molar refractivity (Wildman–Crippen MR) is 75.4 cm³/mol. The maximum atomic E-state index is 12.6. The number of ether oxygens (including phenoxy) is 1. The van der Waals surface area contributed by atoms with E-state index in [-0.39, 0.29) is 11.8 Å². The summed E-state index contributed by atoms with van der Waals surface area (Å²) in [6, 6.07) is 3.95. The molecule has 0 bridgehead atoms. The summed E-state index contributed by atoms with van der Waals surface area (Å²) in [5.41, 5.74) is 4.41. The van der Waals surface area contributed by atoms with Crippen LogP contribution in [-0.4, -0.2) is 24.5 Å². The summed E-state index contributed by atoms with van der Waals surface area (Å²) in [5.74, 6) is -1.42. The average Bonchev–Trinajstić information content (AvgIpc) is 2.93. The number of carbonyl (C=O) groups is 2. The van der Waals surface area contributed by atoms with Crippen LogP contribution in [0.25, 0.3) is 0 Å². The van der Waals surface area contributed by atoms with E-state index in [9.17, 15) is 22.8 Å². The summed E-state index contributed by atoms with van der Waals surface area (Å²) in [7, 11) is 0. The lowest BCUT2D eigenvalue weighted by Gasteiger charge is -2.18. The topological polar surface area (TPSA) is 81.4 Å². The van der Waals surface area contributed by atoms with Crippen molar-refractivity contribution < 1.29 is 27.5 Å². The van der Waals surface area contributed by atoms with Crippen LogP contribution in [-0.2, 0) is 15.8 Å². The second-order valence-electron chi connectivity index (χ2n) is 5.43. The van der Waals surface area contributed by atoms with Gasteiger partial charge in [0.1, 0.15) is 5.75 Å². The van der Waals surface area contributed by atoms with Crippen LogP contribution in [0.3, 0.4) is 0 Å². The number of amides is 2. The van der Waals surface area contributed by atoms with Gasteiger partial charge in [0.25, 0.3) is 5.91 Å². The molecule has 0 aromatic heterocycles. The standard InChI is InChI=1S/C15H17F3N2O3/c16-15(17,18)9-3-1-4-10(7-9)23-8-13(21)20-12-6-2-5-11(12)14(19)22/h1,3-4,7,11-12H,2,5-6,8H2,(H2,19,22)(H,20,21). The van der Waals surface area contributed by atoms with E-state index in [1.54, 1.807) is 0 Å². The molecule has 126 valence electrons. The zero-order valence-corrected chi connectivity index (χ0v) is 12.2. The molecule has 1 saturated carbocycles. The molecule has 3 N–H and O–H groups in total. The van der Waals surface area contributed by atoms with E-state index < -0.39 is 36.1 Å². The SMILES string of the molecule is NC(=O)C1CCCC1NC(=O)COc1cccc(C(F)(F)F)c1. The van der Waals surface area contributed by atoms with Crippen molar-refractivity contribution in [2.24, 2.45) is 11.7 Å². The zero-order valence-electron chi connectivity index (χ0n) is 12.2. The molecule has 8 heteroatoms. The number of benzene rings is 1. The number of hydrogen-bond donors (Lipinski definition) is 2. The highest BCUT2D eigenvalue weighted by atomic mass is 19.4. The van der Waals surface area contributed by atoms with Gasteiger partial charge < -0.3 is 15.8 Å². The van der Waals surface area contributed by atoms with E-state index in [1.807, 2.05) is 0 Å². The Labute approximate surface area is 131 Å². The summed E-state index contributed by atoms with van der Waals surface area (Å²) in [5, 5.41) is 2.64. The highest BCUT2D eigenvalue weighted by Gasteiger charge is 2.33. The molecule has 2 atom stereocenters. The molecule has 1 fully saturated rings. The first-order valence-corrected chi connectivity index (χ1v) is 7.16. The molecule has 2 rings (SSSR count). The van der Waals surface area contributed by atoms with Crippen LogP contribution in [0.4, 0.5) is 13.2 Å². The lowest BCUT2D eigenvalue weighted by Crippen LogP contribution is -2.44. The fourth-order valence-electron chi connectivity index (χ4n) is 2.63. The summed E-state index contributed by atoms with van der Waals surface area (Å²) < 4.78 is 42.8. The van der Waals surface area contributed by atoms with Gasteiger partial charge >= 0.3 is 6.18 Å². The van der Waals surface area contributed by atoms with E-state index in [4.69, 9.17) is 10.5 Å². The van der Waals surface area contributed by atoms with Crippen molar-refractivity contribution in [2.75, 3.05) is 6.61 Å². The third-order valence-corrected chi connectivity index (χ3v) is 3.76. The summed E-state index contributed by atoms with van der Waals surface area (Å²) in [6.07, 6.45) is -2.43. The molecule has 1 aromatic rings. The van der Waals surface area contributed by atoms with Crippen molar-refractivity contribution in [1.29, 1.82) is 0 Å². The maximum Gasteiger partial charge on any atom is 0.416 e. The quantitative estimate of drug-likeness (QED) is 0.864. The summed E-state index contributed by atoms with van der Waals surface area (Å²) >= 11 is 0. The number of primary amides is 1. The van der Waals surface area contributed by atoms with Crippen molar-refractivity contribution in [2.45, 2.75) is 31.5 Å². The molecule has 0 radical (unpaired) electrons. The van der Waals surface area contributed by atoms with Crippen LogP contribution >= 0.6 is 0 Å². The number of carbonyl (C=O) groups excluding carboxylic acids is 2. The van der Waals surface area contributed by atoms with Gasteiger partial charge in [-0.3, -0.25) is 9.59 Å². The Balaban J connectivity index is 1.88. The second-order valence-corrected chi connectivity index (χ2v) is 5.43. The van der Waals surface area contributed by atoms with E-state index in [0.717, 1.165) is 18.6 Å². The van der Waals surface area contributed by atoms with Crippen LogP contribution in [0.2, 0.25) is 0 Å². The summed E-state index contributed by atoms with van der Waals surface area (Å²) in [4.78, 5) is 23.0. The number of hydrogen-bond acceptors (Lipinski definition) is 3. The minimum atomic E-state index is -4.47. The molecule has 0 spiro atoms. The van der Waals surface area contributed by atoms with Crippen molar-refractivity contribution in [3.8, 4) is 5.75 Å². The van der Waals surface area contributed by atoms with Gasteiger partial charge in [-0.05, 0) is 31.0 Å². The highest BCUT2D eigenvalue weighted by Crippen LogP contribution is 2.31. The molecule has 1 aliphatic carbocycles. The van der Waals surface area contributed by atoms with Gasteiger partial charge in [0.15, 0.2) is 6.61 Å². The number of nitrogens with one attached hydrogen (secondary N) is 1. The fourth-order valence-corrected chi connectivity index (χ4v) is 2.63. The smallest absolute Gasteiger partial charge is 0.416 e. The Morgan fingerprint density at radius 3 is 2.70 bits per heavy atom. The molecule has 1 aromatic carbocycles. The fraction of sp³-hybridized carbons (Fsp3) is 0.467. The number of rotatable bonds is 5. The minimum absolute atomic E-state index is 0.0483. The van der Waals surface area contributed by atoms with Crippen LogP contribution in [0.5, 0.6) is 5.75 Å². The molecule has 0 aliphatic heterocycles. The van der Waals surface area contributed by atoms with E-state index in [2.05, 4.69) is 5.32 Å². The Morgan fingerprint density at radius 1 is 1.30 bits per heavy atom. The summed E-state index contributed by atoms with van der Waals surface area (Å²) in [6.45, 7) is -0.427. The first kappa shape index (κ1) is 17.1. The molecule has 0 heterocycles. The Morgan fingerprint density at radius 2 is 2.04 bits per heavy atom. The minimum Gasteiger partial charge on any atom is -0.484 e. The van der Waals surface area contributed by atoms with Gasteiger partial charge in [0, 0.05) is 6.04 Å². The number of halogens is 3. The van der Waals surface area contributed by atoms with Gasteiger partial charge in [-0.15, -0.1) is 0 Å². The Kier molecular flexibility index (Phi) is 5.12. The maximum absolute atomic E-state index is 12.6. The highest BCUT2D eigenvalue weighted by molar-refractivity contribution is 5.81. The van der Waals surface area contributed by atoms with Gasteiger partial charge in [-0.2, -0.15) is 13.2 Å². The molecular weight excluding hydrogens is 313 g/mol. The molecule has 5 nitrogen and oxygen atoms in total. The van der Waals surface area contributed by atoms with E-state index >= 15 is 0 Å². The molecule has 0 saturated heterocycles. The van der Waals surface area contributed by atoms with Crippen LogP contribution in [0, 0.1) is 5.92 Å². The van der Waals surface area contributed by atoms with Crippen molar-refractivity contribution >= 4 is 11.8 Å². The van der Waals surface area contributed by atoms with Gasteiger partial charge in [-0.1, -0.05) is 12.5 Å². The normalized spacial score (nSPS) is 21.0. The Bertz CT molecular complexity index is 590. The molecular formula is C15H17F3N2O3. The average molecular weight is 330 g/mol. The van der Waals surface area contributed by atoms with Crippen LogP contribution < -0.4 is 15.8 Å².